The fourth-order valence-electron chi connectivity index (χ4n) is 0.839. The van der Waals surface area contributed by atoms with Crippen LogP contribution in [0.1, 0.15) is 20.3 Å². The molecule has 0 aromatic rings. The molecule has 0 heterocycles. The molecule has 0 N–H and O–H groups in total. The van der Waals surface area contributed by atoms with Gasteiger partial charge in [-0.25, -0.2) is 0 Å². The SMILES string of the molecule is CC(C)[C@H](C/C=C/Cl)C(=O)[O-]. The highest BCUT2D eigenvalue weighted by molar-refractivity contribution is 6.25. The second-order valence-corrected chi connectivity index (χ2v) is 3.02. The van der Waals surface area contributed by atoms with E-state index in [9.17, 15) is 9.90 Å². The number of halogens is 1. The normalized spacial score (nSPS) is 14.2. The zero-order valence-corrected chi connectivity index (χ0v) is 7.47. The van der Waals surface area contributed by atoms with E-state index in [0.29, 0.717) is 6.42 Å². The van der Waals surface area contributed by atoms with Gasteiger partial charge in [-0.05, 0) is 12.3 Å². The molecular formula is C8H12ClO2-. The van der Waals surface area contributed by atoms with Crippen molar-refractivity contribution in [1.29, 1.82) is 0 Å². The summed E-state index contributed by atoms with van der Waals surface area (Å²) >= 11 is 5.26. The fourth-order valence-corrected chi connectivity index (χ4v) is 0.941. The largest absolute Gasteiger partial charge is 0.550 e. The van der Waals surface area contributed by atoms with Crippen molar-refractivity contribution in [2.75, 3.05) is 0 Å². The molecule has 0 aliphatic carbocycles. The van der Waals surface area contributed by atoms with E-state index in [2.05, 4.69) is 0 Å². The van der Waals surface area contributed by atoms with E-state index in [1.807, 2.05) is 13.8 Å². The van der Waals surface area contributed by atoms with Crippen LogP contribution in [0.15, 0.2) is 11.6 Å². The van der Waals surface area contributed by atoms with Crippen LogP contribution in [-0.2, 0) is 4.79 Å². The summed E-state index contributed by atoms with van der Waals surface area (Å²) in [5.74, 6) is -1.34. The van der Waals surface area contributed by atoms with Crippen molar-refractivity contribution in [1.82, 2.24) is 0 Å². The number of hydrogen-bond acceptors (Lipinski definition) is 2. The summed E-state index contributed by atoms with van der Waals surface area (Å²) in [6, 6.07) is 0. The number of aliphatic carboxylic acids is 1. The van der Waals surface area contributed by atoms with Gasteiger partial charge in [-0.1, -0.05) is 31.5 Å². The third kappa shape index (κ3) is 4.04. The Hall–Kier alpha value is -0.500. The number of carbonyl (C=O) groups excluding carboxylic acids is 1. The van der Waals surface area contributed by atoms with E-state index in [1.54, 1.807) is 6.08 Å². The summed E-state index contributed by atoms with van der Waals surface area (Å²) in [6.45, 7) is 3.70. The Morgan fingerprint density at radius 3 is 2.45 bits per heavy atom. The zero-order chi connectivity index (χ0) is 8.85. The Morgan fingerprint density at radius 2 is 2.18 bits per heavy atom. The lowest BCUT2D eigenvalue weighted by atomic mass is 9.93. The van der Waals surface area contributed by atoms with Crippen LogP contribution in [-0.4, -0.2) is 5.97 Å². The minimum absolute atomic E-state index is 0.0906. The molecule has 0 aliphatic rings. The third-order valence-electron chi connectivity index (χ3n) is 1.59. The van der Waals surface area contributed by atoms with Gasteiger partial charge in [-0.15, -0.1) is 0 Å². The average molecular weight is 176 g/mol. The number of rotatable bonds is 4. The number of hydrogen-bond donors (Lipinski definition) is 0. The molecular weight excluding hydrogens is 164 g/mol. The summed E-state index contributed by atoms with van der Waals surface area (Å²) < 4.78 is 0. The van der Waals surface area contributed by atoms with Gasteiger partial charge in [-0.2, -0.15) is 0 Å². The van der Waals surface area contributed by atoms with Crippen LogP contribution in [0.25, 0.3) is 0 Å². The first kappa shape index (κ1) is 10.5. The monoisotopic (exact) mass is 175 g/mol. The molecule has 0 saturated carbocycles. The molecule has 0 aromatic carbocycles. The van der Waals surface area contributed by atoms with Gasteiger partial charge in [0.2, 0.25) is 0 Å². The summed E-state index contributed by atoms with van der Waals surface area (Å²) in [6.07, 6.45) is 2.07. The van der Waals surface area contributed by atoms with Gasteiger partial charge < -0.3 is 9.90 Å². The molecule has 0 aliphatic heterocycles. The van der Waals surface area contributed by atoms with Gasteiger partial charge >= 0.3 is 0 Å². The van der Waals surface area contributed by atoms with E-state index >= 15 is 0 Å². The van der Waals surface area contributed by atoms with Crippen LogP contribution in [0.4, 0.5) is 0 Å². The van der Waals surface area contributed by atoms with Gasteiger partial charge in [0.1, 0.15) is 0 Å². The van der Waals surface area contributed by atoms with Crippen molar-refractivity contribution < 1.29 is 9.90 Å². The lowest BCUT2D eigenvalue weighted by Crippen LogP contribution is -2.34. The molecule has 2 nitrogen and oxygen atoms in total. The maximum absolute atomic E-state index is 10.5. The summed E-state index contributed by atoms with van der Waals surface area (Å²) in [7, 11) is 0. The molecule has 0 radical (unpaired) electrons. The Bertz CT molecular complexity index is 152. The molecule has 3 heteroatoms. The Balaban J connectivity index is 4.00. The Kier molecular flexibility index (Phi) is 4.95. The van der Waals surface area contributed by atoms with E-state index in [1.165, 1.54) is 5.54 Å². The van der Waals surface area contributed by atoms with Crippen LogP contribution in [0, 0.1) is 11.8 Å². The summed E-state index contributed by atoms with van der Waals surface area (Å²) in [4.78, 5) is 10.5. The van der Waals surface area contributed by atoms with E-state index in [-0.39, 0.29) is 5.92 Å². The van der Waals surface area contributed by atoms with Crippen molar-refractivity contribution >= 4 is 17.6 Å². The van der Waals surface area contributed by atoms with Crippen molar-refractivity contribution in [3.63, 3.8) is 0 Å². The van der Waals surface area contributed by atoms with Crippen molar-refractivity contribution in [2.24, 2.45) is 11.8 Å². The summed E-state index contributed by atoms with van der Waals surface area (Å²) in [5.41, 5.74) is 1.33. The van der Waals surface area contributed by atoms with E-state index in [4.69, 9.17) is 11.6 Å². The van der Waals surface area contributed by atoms with Crippen LogP contribution >= 0.6 is 11.6 Å². The maximum atomic E-state index is 10.5. The smallest absolute Gasteiger partial charge is 0.0450 e. The lowest BCUT2D eigenvalue weighted by Gasteiger charge is -2.19. The zero-order valence-electron chi connectivity index (χ0n) is 6.71. The van der Waals surface area contributed by atoms with Crippen LogP contribution in [0.2, 0.25) is 0 Å². The second-order valence-electron chi connectivity index (χ2n) is 2.77. The Labute approximate surface area is 71.9 Å². The van der Waals surface area contributed by atoms with E-state index < -0.39 is 11.9 Å². The predicted octanol–water partition coefficient (Wildman–Crippen LogP) is 1.15. The highest BCUT2D eigenvalue weighted by Gasteiger charge is 2.11. The number of carboxylic acid groups (broad SMARTS) is 1. The minimum atomic E-state index is -1.00. The molecule has 0 fully saturated rings. The third-order valence-corrected chi connectivity index (χ3v) is 1.76. The molecule has 11 heavy (non-hydrogen) atoms. The number of carbonyl (C=O) groups is 1. The van der Waals surface area contributed by atoms with Gasteiger partial charge in [0.05, 0.1) is 0 Å². The molecule has 64 valence electrons. The van der Waals surface area contributed by atoms with Crippen molar-refractivity contribution in [2.45, 2.75) is 20.3 Å². The van der Waals surface area contributed by atoms with Gasteiger partial charge in [-0.3, -0.25) is 0 Å². The lowest BCUT2D eigenvalue weighted by molar-refractivity contribution is -0.312. The molecule has 1 atom stereocenters. The molecule has 0 rings (SSSR count). The first-order chi connectivity index (χ1) is 5.09. The quantitative estimate of drug-likeness (QED) is 0.643. The van der Waals surface area contributed by atoms with Crippen LogP contribution < -0.4 is 5.11 Å². The van der Waals surface area contributed by atoms with Crippen LogP contribution in [0.5, 0.6) is 0 Å². The van der Waals surface area contributed by atoms with E-state index in [0.717, 1.165) is 0 Å². The fraction of sp³-hybridized carbons (Fsp3) is 0.625. The van der Waals surface area contributed by atoms with Gasteiger partial charge in [0.15, 0.2) is 0 Å². The van der Waals surface area contributed by atoms with Crippen molar-refractivity contribution in [3.8, 4) is 0 Å². The predicted molar refractivity (Wildman–Crippen MR) is 42.9 cm³/mol. The first-order valence-electron chi connectivity index (χ1n) is 3.55. The van der Waals surface area contributed by atoms with Crippen LogP contribution in [0.3, 0.4) is 0 Å². The minimum Gasteiger partial charge on any atom is -0.550 e. The molecule has 0 unspecified atom stereocenters. The molecule has 0 saturated heterocycles. The highest BCUT2D eigenvalue weighted by Crippen LogP contribution is 2.14. The Morgan fingerprint density at radius 1 is 1.64 bits per heavy atom. The molecule has 0 bridgehead atoms. The number of carboxylic acids is 1. The topological polar surface area (TPSA) is 40.1 Å². The summed E-state index contributed by atoms with van der Waals surface area (Å²) in [5, 5.41) is 10.5. The van der Waals surface area contributed by atoms with Crippen molar-refractivity contribution in [3.05, 3.63) is 11.6 Å². The maximum Gasteiger partial charge on any atom is 0.0450 e. The molecule has 0 aromatic heterocycles. The van der Waals surface area contributed by atoms with Gasteiger partial charge in [0.25, 0.3) is 0 Å². The number of allylic oxidation sites excluding steroid dienone is 1. The standard InChI is InChI=1S/C8H13ClO2/c1-6(2)7(8(10)11)4-3-5-9/h3,5-7H,4H2,1-2H3,(H,10,11)/p-1/b5-3+/t7-/m0/s1. The highest BCUT2D eigenvalue weighted by atomic mass is 35.5. The van der Waals surface area contributed by atoms with Gasteiger partial charge in [0, 0.05) is 17.4 Å². The second kappa shape index (κ2) is 5.19. The first-order valence-corrected chi connectivity index (χ1v) is 3.99. The molecule has 0 spiro atoms. The molecule has 0 amide bonds. The average Bonchev–Trinajstić information content (AvgIpc) is 1.87.